The third kappa shape index (κ3) is 4.76. The molecular weight excluding hydrogens is 330 g/mol. The summed E-state index contributed by atoms with van der Waals surface area (Å²) in [7, 11) is 1.55. The summed E-state index contributed by atoms with van der Waals surface area (Å²) in [6.45, 7) is 0.887. The number of urea groups is 1. The van der Waals surface area contributed by atoms with Crippen LogP contribution in [0.25, 0.3) is 0 Å². The lowest BCUT2D eigenvalue weighted by Gasteiger charge is -2.23. The minimum absolute atomic E-state index is 0.224. The summed E-state index contributed by atoms with van der Waals surface area (Å²) < 4.78 is 5.03. The van der Waals surface area contributed by atoms with Crippen LogP contribution in [0.15, 0.2) is 67.4 Å². The fraction of sp³-hybridized carbons (Fsp3) is 0.158. The van der Waals surface area contributed by atoms with Crippen LogP contribution in [-0.2, 0) is 13.1 Å². The van der Waals surface area contributed by atoms with Gasteiger partial charge in [0.15, 0.2) is 0 Å². The van der Waals surface area contributed by atoms with Crippen molar-refractivity contribution >= 4 is 11.7 Å². The Kier molecular flexibility index (Phi) is 5.72. The number of carbonyl (C=O) groups excluding carboxylic acids is 1. The number of ether oxygens (including phenoxy) is 1. The summed E-state index contributed by atoms with van der Waals surface area (Å²) in [6.07, 6.45) is 8.44. The first-order valence-electron chi connectivity index (χ1n) is 8.08. The van der Waals surface area contributed by atoms with Gasteiger partial charge in [0.2, 0.25) is 5.88 Å². The van der Waals surface area contributed by atoms with E-state index in [-0.39, 0.29) is 6.03 Å². The molecule has 3 aromatic rings. The highest BCUT2D eigenvalue weighted by molar-refractivity contribution is 5.89. The first-order chi connectivity index (χ1) is 12.7. The van der Waals surface area contributed by atoms with Gasteiger partial charge in [0.05, 0.1) is 19.0 Å². The van der Waals surface area contributed by atoms with E-state index in [1.165, 1.54) is 0 Å². The maximum atomic E-state index is 12.8. The summed E-state index contributed by atoms with van der Waals surface area (Å²) >= 11 is 0. The molecule has 3 heterocycles. The summed E-state index contributed by atoms with van der Waals surface area (Å²) in [5.74, 6) is 0.493. The van der Waals surface area contributed by atoms with Gasteiger partial charge in [0.1, 0.15) is 0 Å². The highest BCUT2D eigenvalue weighted by Crippen LogP contribution is 2.14. The molecule has 0 fully saturated rings. The molecule has 0 aliphatic rings. The topological polar surface area (TPSA) is 80.2 Å². The number of aromatic nitrogens is 3. The Morgan fingerprint density at radius 2 is 1.81 bits per heavy atom. The van der Waals surface area contributed by atoms with Crippen molar-refractivity contribution in [3.05, 3.63) is 78.5 Å². The van der Waals surface area contributed by atoms with E-state index in [2.05, 4.69) is 20.3 Å². The maximum absolute atomic E-state index is 12.8. The van der Waals surface area contributed by atoms with Gasteiger partial charge in [-0.05, 0) is 35.4 Å². The van der Waals surface area contributed by atoms with Crippen LogP contribution in [0.3, 0.4) is 0 Å². The van der Waals surface area contributed by atoms with Gasteiger partial charge in [-0.15, -0.1) is 0 Å². The van der Waals surface area contributed by atoms with Gasteiger partial charge in [-0.3, -0.25) is 9.97 Å². The Hall–Kier alpha value is -3.48. The zero-order valence-electron chi connectivity index (χ0n) is 14.4. The molecular formula is C19H19N5O2. The first-order valence-corrected chi connectivity index (χ1v) is 8.08. The number of anilines is 1. The fourth-order valence-corrected chi connectivity index (χ4v) is 2.40. The lowest BCUT2D eigenvalue weighted by atomic mass is 10.2. The Bertz CT molecular complexity index is 784. The van der Waals surface area contributed by atoms with Crippen molar-refractivity contribution in [1.82, 2.24) is 19.9 Å². The Morgan fingerprint density at radius 3 is 2.46 bits per heavy atom. The molecule has 0 atom stereocenters. The van der Waals surface area contributed by atoms with Crippen LogP contribution in [0, 0.1) is 0 Å². The molecule has 0 aliphatic carbocycles. The SMILES string of the molecule is COc1ccc(NC(=O)N(Cc2ccncc2)Cc2cccnc2)cn1. The molecule has 7 heteroatoms. The zero-order chi connectivity index (χ0) is 18.2. The van der Waals surface area contributed by atoms with Crippen LogP contribution in [0.4, 0.5) is 10.5 Å². The molecule has 0 bridgehead atoms. The quantitative estimate of drug-likeness (QED) is 0.739. The molecule has 0 saturated heterocycles. The van der Waals surface area contributed by atoms with Crippen LogP contribution >= 0.6 is 0 Å². The Balaban J connectivity index is 1.75. The van der Waals surface area contributed by atoms with Crippen LogP contribution < -0.4 is 10.1 Å². The number of rotatable bonds is 6. The van der Waals surface area contributed by atoms with E-state index in [0.717, 1.165) is 11.1 Å². The van der Waals surface area contributed by atoms with E-state index in [9.17, 15) is 4.79 Å². The molecule has 0 saturated carbocycles. The number of methoxy groups -OCH3 is 1. The molecule has 7 nitrogen and oxygen atoms in total. The molecule has 1 N–H and O–H groups in total. The second-order valence-corrected chi connectivity index (χ2v) is 5.59. The predicted molar refractivity (Wildman–Crippen MR) is 97.5 cm³/mol. The highest BCUT2D eigenvalue weighted by Gasteiger charge is 2.15. The fourth-order valence-electron chi connectivity index (χ4n) is 2.40. The van der Waals surface area contributed by atoms with Crippen molar-refractivity contribution in [3.63, 3.8) is 0 Å². The molecule has 0 aliphatic heterocycles. The molecule has 26 heavy (non-hydrogen) atoms. The van der Waals surface area contributed by atoms with Crippen molar-refractivity contribution < 1.29 is 9.53 Å². The lowest BCUT2D eigenvalue weighted by Crippen LogP contribution is -2.34. The maximum Gasteiger partial charge on any atom is 0.322 e. The van der Waals surface area contributed by atoms with Crippen molar-refractivity contribution in [2.75, 3.05) is 12.4 Å². The van der Waals surface area contributed by atoms with Gasteiger partial charge < -0.3 is 15.0 Å². The third-order valence-electron chi connectivity index (χ3n) is 3.70. The number of nitrogens with zero attached hydrogens (tertiary/aromatic N) is 4. The number of pyridine rings is 3. The Labute approximate surface area is 151 Å². The zero-order valence-corrected chi connectivity index (χ0v) is 14.4. The average Bonchev–Trinajstić information content (AvgIpc) is 2.69. The molecule has 2 amide bonds. The van der Waals surface area contributed by atoms with E-state index in [4.69, 9.17) is 4.74 Å². The molecule has 0 spiro atoms. The van der Waals surface area contributed by atoms with Crippen molar-refractivity contribution in [1.29, 1.82) is 0 Å². The van der Waals surface area contributed by atoms with Crippen LogP contribution in [0.2, 0.25) is 0 Å². The molecule has 3 rings (SSSR count). The van der Waals surface area contributed by atoms with Gasteiger partial charge in [-0.2, -0.15) is 0 Å². The second-order valence-electron chi connectivity index (χ2n) is 5.59. The van der Waals surface area contributed by atoms with Gasteiger partial charge >= 0.3 is 6.03 Å². The van der Waals surface area contributed by atoms with Crippen LogP contribution in [0.5, 0.6) is 5.88 Å². The number of nitrogens with one attached hydrogen (secondary N) is 1. The van der Waals surface area contributed by atoms with Gasteiger partial charge in [-0.25, -0.2) is 9.78 Å². The number of amides is 2. The average molecular weight is 349 g/mol. The Morgan fingerprint density at radius 1 is 1.00 bits per heavy atom. The largest absolute Gasteiger partial charge is 0.481 e. The van der Waals surface area contributed by atoms with E-state index < -0.39 is 0 Å². The molecule has 0 aromatic carbocycles. The van der Waals surface area contributed by atoms with Gasteiger partial charge in [0.25, 0.3) is 0 Å². The van der Waals surface area contributed by atoms with Gasteiger partial charge in [-0.1, -0.05) is 6.07 Å². The summed E-state index contributed by atoms with van der Waals surface area (Å²) in [4.78, 5) is 26.7. The van der Waals surface area contributed by atoms with E-state index >= 15 is 0 Å². The number of carbonyl (C=O) groups is 1. The smallest absolute Gasteiger partial charge is 0.322 e. The first kappa shape index (κ1) is 17.3. The van der Waals surface area contributed by atoms with Crippen molar-refractivity contribution in [3.8, 4) is 5.88 Å². The van der Waals surface area contributed by atoms with Crippen molar-refractivity contribution in [2.24, 2.45) is 0 Å². The molecule has 3 aromatic heterocycles. The van der Waals surface area contributed by atoms with E-state index in [0.29, 0.717) is 24.7 Å². The minimum Gasteiger partial charge on any atom is -0.481 e. The predicted octanol–water partition coefficient (Wildman–Crippen LogP) is 3.11. The normalized spacial score (nSPS) is 10.2. The van der Waals surface area contributed by atoms with Gasteiger partial charge in [0, 0.05) is 43.9 Å². The van der Waals surface area contributed by atoms with E-state index in [1.54, 1.807) is 55.1 Å². The summed E-state index contributed by atoms with van der Waals surface area (Å²) in [5, 5.41) is 2.87. The summed E-state index contributed by atoms with van der Waals surface area (Å²) in [5.41, 5.74) is 2.54. The molecule has 0 unspecified atom stereocenters. The van der Waals surface area contributed by atoms with Crippen LogP contribution in [-0.4, -0.2) is 33.0 Å². The standard InChI is InChI=1S/C19H19N5O2/c1-26-18-5-4-17(12-22-18)23-19(25)24(13-15-6-9-20-10-7-15)14-16-3-2-8-21-11-16/h2-12H,13-14H2,1H3,(H,23,25). The van der Waals surface area contributed by atoms with E-state index in [1.807, 2.05) is 24.3 Å². The summed E-state index contributed by atoms with van der Waals surface area (Å²) in [6, 6.07) is 10.8. The van der Waals surface area contributed by atoms with Crippen LogP contribution in [0.1, 0.15) is 11.1 Å². The third-order valence-corrected chi connectivity index (χ3v) is 3.70. The van der Waals surface area contributed by atoms with Crippen molar-refractivity contribution in [2.45, 2.75) is 13.1 Å². The highest BCUT2D eigenvalue weighted by atomic mass is 16.5. The number of hydrogen-bond donors (Lipinski definition) is 1. The molecule has 132 valence electrons. The second kappa shape index (κ2) is 8.57. The lowest BCUT2D eigenvalue weighted by molar-refractivity contribution is 0.206. The monoisotopic (exact) mass is 349 g/mol. The molecule has 0 radical (unpaired) electrons. The number of hydrogen-bond acceptors (Lipinski definition) is 5. The minimum atomic E-state index is -0.224.